The first-order chi connectivity index (χ1) is 11.2. The third-order valence-corrected chi connectivity index (χ3v) is 4.53. The number of nitrogens with zero attached hydrogens (tertiary/aromatic N) is 4. The van der Waals surface area contributed by atoms with E-state index in [-0.39, 0.29) is 11.9 Å². The molecule has 0 aromatic carbocycles. The highest BCUT2D eigenvalue weighted by Gasteiger charge is 2.32. The number of hydrogen-bond acceptors (Lipinski definition) is 4. The lowest BCUT2D eigenvalue weighted by molar-refractivity contribution is 0.0479. The lowest BCUT2D eigenvalue weighted by atomic mass is 10.1. The molecule has 1 fully saturated rings. The molecule has 6 nitrogen and oxygen atoms in total. The molecule has 1 saturated heterocycles. The Morgan fingerprint density at radius 1 is 1.35 bits per heavy atom. The SMILES string of the molecule is CCc1cnccc1C(=O)N1CCN(CC)C(c2ncc[nH]2)C1. The van der Waals surface area contributed by atoms with Gasteiger partial charge in [-0.25, -0.2) is 4.98 Å². The molecule has 3 rings (SSSR count). The maximum Gasteiger partial charge on any atom is 0.254 e. The van der Waals surface area contributed by atoms with Crippen molar-refractivity contribution in [1.82, 2.24) is 24.8 Å². The van der Waals surface area contributed by atoms with Crippen LogP contribution in [0.15, 0.2) is 30.9 Å². The fourth-order valence-electron chi connectivity index (χ4n) is 3.19. The smallest absolute Gasteiger partial charge is 0.254 e. The van der Waals surface area contributed by atoms with Crippen molar-refractivity contribution in [2.24, 2.45) is 0 Å². The predicted molar refractivity (Wildman–Crippen MR) is 88.1 cm³/mol. The van der Waals surface area contributed by atoms with E-state index < -0.39 is 0 Å². The zero-order valence-electron chi connectivity index (χ0n) is 13.7. The summed E-state index contributed by atoms with van der Waals surface area (Å²) in [7, 11) is 0. The second kappa shape index (κ2) is 6.91. The van der Waals surface area contributed by atoms with Crippen LogP contribution in [-0.2, 0) is 6.42 Å². The number of pyridine rings is 1. The number of carbonyl (C=O) groups is 1. The first-order valence-corrected chi connectivity index (χ1v) is 8.20. The zero-order valence-corrected chi connectivity index (χ0v) is 13.7. The van der Waals surface area contributed by atoms with Crippen LogP contribution in [0.4, 0.5) is 0 Å². The molecular weight excluding hydrogens is 290 g/mol. The number of imidazole rings is 1. The highest BCUT2D eigenvalue weighted by atomic mass is 16.2. The van der Waals surface area contributed by atoms with E-state index in [2.05, 4.69) is 33.7 Å². The van der Waals surface area contributed by atoms with Gasteiger partial charge in [0.1, 0.15) is 5.82 Å². The minimum atomic E-state index is 0.0940. The third-order valence-electron chi connectivity index (χ3n) is 4.53. The molecule has 6 heteroatoms. The number of nitrogens with one attached hydrogen (secondary N) is 1. The summed E-state index contributed by atoms with van der Waals surface area (Å²) in [6, 6.07) is 1.95. The molecule has 3 heterocycles. The Kier molecular flexibility index (Phi) is 4.71. The molecule has 1 aliphatic rings. The van der Waals surface area contributed by atoms with Crippen LogP contribution in [0.2, 0.25) is 0 Å². The van der Waals surface area contributed by atoms with Gasteiger partial charge in [0.2, 0.25) is 0 Å². The summed E-state index contributed by atoms with van der Waals surface area (Å²) in [6.45, 7) is 7.41. The number of hydrogen-bond donors (Lipinski definition) is 1. The van der Waals surface area contributed by atoms with Gasteiger partial charge in [-0.15, -0.1) is 0 Å². The average Bonchev–Trinajstić information content (AvgIpc) is 3.15. The number of amides is 1. The van der Waals surface area contributed by atoms with Crippen molar-refractivity contribution in [2.45, 2.75) is 26.3 Å². The van der Waals surface area contributed by atoms with E-state index in [1.807, 2.05) is 17.2 Å². The van der Waals surface area contributed by atoms with Crippen LogP contribution in [0.25, 0.3) is 0 Å². The topological polar surface area (TPSA) is 65.1 Å². The molecule has 2 aromatic rings. The van der Waals surface area contributed by atoms with Crippen LogP contribution in [0.5, 0.6) is 0 Å². The van der Waals surface area contributed by atoms with E-state index in [1.165, 1.54) is 0 Å². The van der Waals surface area contributed by atoms with Crippen molar-refractivity contribution in [2.75, 3.05) is 26.2 Å². The number of H-pyrrole nitrogens is 1. The van der Waals surface area contributed by atoms with Crippen LogP contribution in [0.1, 0.15) is 41.6 Å². The average molecular weight is 313 g/mol. The van der Waals surface area contributed by atoms with Gasteiger partial charge >= 0.3 is 0 Å². The highest BCUT2D eigenvalue weighted by molar-refractivity contribution is 5.95. The summed E-state index contributed by atoms with van der Waals surface area (Å²) in [5.41, 5.74) is 1.77. The van der Waals surface area contributed by atoms with Gasteiger partial charge in [0.15, 0.2) is 0 Å². The largest absolute Gasteiger partial charge is 0.347 e. The summed E-state index contributed by atoms with van der Waals surface area (Å²) in [6.07, 6.45) is 7.90. The number of likely N-dealkylation sites (N-methyl/N-ethyl adjacent to an activating group) is 1. The zero-order chi connectivity index (χ0) is 16.2. The Morgan fingerprint density at radius 3 is 2.91 bits per heavy atom. The van der Waals surface area contributed by atoms with E-state index in [9.17, 15) is 4.79 Å². The standard InChI is InChI=1S/C17H23N5O/c1-3-13-11-18-6-5-14(13)17(23)22-10-9-21(4-2)15(12-22)16-19-7-8-20-16/h5-8,11,15H,3-4,9-10,12H2,1-2H3,(H,19,20). The first kappa shape index (κ1) is 15.7. The van der Waals surface area contributed by atoms with Crippen molar-refractivity contribution in [3.05, 3.63) is 47.8 Å². The summed E-state index contributed by atoms with van der Waals surface area (Å²) in [5.74, 6) is 1.02. The summed E-state index contributed by atoms with van der Waals surface area (Å²) < 4.78 is 0. The number of carbonyl (C=O) groups excluding carboxylic acids is 1. The second-order valence-corrected chi connectivity index (χ2v) is 5.76. The molecule has 0 spiro atoms. The van der Waals surface area contributed by atoms with Crippen LogP contribution < -0.4 is 0 Å². The number of piperazine rings is 1. The third kappa shape index (κ3) is 3.12. The van der Waals surface area contributed by atoms with Crippen LogP contribution in [-0.4, -0.2) is 56.8 Å². The second-order valence-electron chi connectivity index (χ2n) is 5.76. The van der Waals surface area contributed by atoms with E-state index >= 15 is 0 Å². The minimum absolute atomic E-state index is 0.0940. The molecule has 0 aliphatic carbocycles. The molecule has 1 amide bonds. The van der Waals surface area contributed by atoms with Crippen molar-refractivity contribution in [3.63, 3.8) is 0 Å². The predicted octanol–water partition coefficient (Wildman–Crippen LogP) is 1.89. The van der Waals surface area contributed by atoms with E-state index in [4.69, 9.17) is 0 Å². The van der Waals surface area contributed by atoms with Crippen LogP contribution in [0, 0.1) is 0 Å². The van der Waals surface area contributed by atoms with Gasteiger partial charge < -0.3 is 9.88 Å². The maximum absolute atomic E-state index is 12.9. The molecule has 23 heavy (non-hydrogen) atoms. The first-order valence-electron chi connectivity index (χ1n) is 8.20. The van der Waals surface area contributed by atoms with Crippen LogP contribution in [0.3, 0.4) is 0 Å². The molecular formula is C17H23N5O. The van der Waals surface area contributed by atoms with E-state index in [0.29, 0.717) is 6.54 Å². The molecule has 0 bridgehead atoms. The summed E-state index contributed by atoms with van der Waals surface area (Å²) >= 11 is 0. The fraction of sp³-hybridized carbons (Fsp3) is 0.471. The summed E-state index contributed by atoms with van der Waals surface area (Å²) in [5, 5.41) is 0. The normalized spacial score (nSPS) is 19.0. The molecule has 0 radical (unpaired) electrons. The highest BCUT2D eigenvalue weighted by Crippen LogP contribution is 2.24. The summed E-state index contributed by atoms with van der Waals surface area (Å²) in [4.78, 5) is 29.0. The van der Waals surface area contributed by atoms with Gasteiger partial charge in [0.25, 0.3) is 5.91 Å². The van der Waals surface area contributed by atoms with Crippen molar-refractivity contribution in [3.8, 4) is 0 Å². The Hall–Kier alpha value is -2.21. The quantitative estimate of drug-likeness (QED) is 0.936. The molecule has 122 valence electrons. The van der Waals surface area contributed by atoms with Crippen LogP contribution >= 0.6 is 0 Å². The van der Waals surface area contributed by atoms with Gasteiger partial charge in [-0.2, -0.15) is 0 Å². The molecule has 1 unspecified atom stereocenters. The van der Waals surface area contributed by atoms with Gasteiger partial charge in [-0.1, -0.05) is 13.8 Å². The Bertz CT molecular complexity index is 655. The number of aromatic nitrogens is 3. The monoisotopic (exact) mass is 313 g/mol. The number of aryl methyl sites for hydroxylation is 1. The molecule has 2 aromatic heterocycles. The van der Waals surface area contributed by atoms with Gasteiger partial charge in [0.05, 0.1) is 6.04 Å². The molecule has 1 aliphatic heterocycles. The molecule has 1 atom stereocenters. The number of rotatable bonds is 4. The van der Waals surface area contributed by atoms with Gasteiger partial charge in [-0.3, -0.25) is 14.7 Å². The van der Waals surface area contributed by atoms with Gasteiger partial charge in [-0.05, 0) is 24.6 Å². The van der Waals surface area contributed by atoms with Crippen molar-refractivity contribution >= 4 is 5.91 Å². The van der Waals surface area contributed by atoms with E-state index in [1.54, 1.807) is 18.6 Å². The maximum atomic E-state index is 12.9. The lowest BCUT2D eigenvalue weighted by Gasteiger charge is -2.40. The lowest BCUT2D eigenvalue weighted by Crippen LogP contribution is -2.50. The van der Waals surface area contributed by atoms with Gasteiger partial charge in [0, 0.05) is 50.0 Å². The Morgan fingerprint density at radius 2 is 2.22 bits per heavy atom. The van der Waals surface area contributed by atoms with Crippen molar-refractivity contribution in [1.29, 1.82) is 0 Å². The molecule has 0 saturated carbocycles. The Balaban J connectivity index is 1.82. The Labute approximate surface area is 136 Å². The fourth-order valence-corrected chi connectivity index (χ4v) is 3.19. The van der Waals surface area contributed by atoms with Crippen molar-refractivity contribution < 1.29 is 4.79 Å². The number of aromatic amines is 1. The van der Waals surface area contributed by atoms with E-state index in [0.717, 1.165) is 43.0 Å². The minimum Gasteiger partial charge on any atom is -0.347 e. The molecule has 1 N–H and O–H groups in total.